The summed E-state index contributed by atoms with van der Waals surface area (Å²) in [6, 6.07) is 3.06. The number of amides is 3. The minimum absolute atomic E-state index is 0.00799. The summed E-state index contributed by atoms with van der Waals surface area (Å²) in [5.41, 5.74) is 6.35. The Kier molecular flexibility index (Phi) is 9.86. The van der Waals surface area contributed by atoms with Crippen molar-refractivity contribution in [1.82, 2.24) is 29.5 Å². The lowest BCUT2D eigenvalue weighted by Gasteiger charge is -2.28. The van der Waals surface area contributed by atoms with Crippen molar-refractivity contribution in [3.63, 3.8) is 0 Å². The first kappa shape index (κ1) is 38.3. The molecule has 0 radical (unpaired) electrons. The van der Waals surface area contributed by atoms with Gasteiger partial charge in [0.05, 0.1) is 28.5 Å². The van der Waals surface area contributed by atoms with Crippen LogP contribution in [-0.2, 0) is 30.6 Å². The maximum atomic E-state index is 14.2. The van der Waals surface area contributed by atoms with Crippen LogP contribution in [0, 0.1) is 5.92 Å². The standard InChI is InChI=1S/C36H44F3N7O6S2/c1-20(2)46-26-13-9-11-23(25-19-53-32(41-25)36(37,38)39)28(26)42-33(46)52-22-16-27-29(47)43-35(31(49)44-54(50,51)34(3)14-15-34)17-21(35)10-7-5-4-6-8-12-24(40)30(48)45(27)18-22/h7,9-11,13,19-22,24,27H,4-6,8,12,14-18,40H2,1-3H3,(H,43,47)(H,44,49)/b10-7-/t21-,22-,24+,27+,35-/m1/s1. The largest absolute Gasteiger partial charge is 0.459 e. The molecule has 3 amide bonds. The van der Waals surface area contributed by atoms with Gasteiger partial charge in [0.2, 0.25) is 21.8 Å². The predicted octanol–water partition coefficient (Wildman–Crippen LogP) is 4.83. The van der Waals surface area contributed by atoms with E-state index in [1.165, 1.54) is 10.3 Å². The van der Waals surface area contributed by atoms with Crippen molar-refractivity contribution in [3.05, 3.63) is 40.7 Å². The van der Waals surface area contributed by atoms with Gasteiger partial charge in [-0.2, -0.15) is 18.2 Å². The Bertz CT molecular complexity index is 2110. The Labute approximate surface area is 314 Å². The minimum atomic E-state index is -4.60. The minimum Gasteiger partial charge on any atom is -0.459 e. The summed E-state index contributed by atoms with van der Waals surface area (Å²) in [6.07, 6.45) is 2.94. The molecule has 18 heteroatoms. The van der Waals surface area contributed by atoms with E-state index in [2.05, 4.69) is 15.0 Å². The van der Waals surface area contributed by atoms with Gasteiger partial charge in [0.25, 0.3) is 11.9 Å². The van der Waals surface area contributed by atoms with E-state index in [1.54, 1.807) is 29.7 Å². The number of hydrogen-bond acceptors (Lipinski definition) is 10. The highest BCUT2D eigenvalue weighted by Crippen LogP contribution is 2.48. The van der Waals surface area contributed by atoms with Crippen LogP contribution in [0.1, 0.15) is 89.6 Å². The van der Waals surface area contributed by atoms with Crippen LogP contribution in [0.15, 0.2) is 35.7 Å². The number of aromatic nitrogens is 3. The molecule has 3 fully saturated rings. The fourth-order valence-corrected chi connectivity index (χ4v) is 9.40. The molecule has 2 saturated carbocycles. The van der Waals surface area contributed by atoms with Gasteiger partial charge in [-0.15, -0.1) is 11.3 Å². The van der Waals surface area contributed by atoms with Crippen molar-refractivity contribution in [2.45, 2.75) is 119 Å². The van der Waals surface area contributed by atoms with Crippen molar-refractivity contribution in [2.75, 3.05) is 6.54 Å². The van der Waals surface area contributed by atoms with Crippen LogP contribution in [0.25, 0.3) is 22.3 Å². The number of nitrogens with two attached hydrogens (primary N) is 1. The topological polar surface area (TPSA) is 179 Å². The Morgan fingerprint density at radius 3 is 2.61 bits per heavy atom. The van der Waals surface area contributed by atoms with Crippen LogP contribution in [0.2, 0.25) is 0 Å². The lowest BCUT2D eigenvalue weighted by molar-refractivity contribution is -0.140. The Morgan fingerprint density at radius 2 is 1.93 bits per heavy atom. The molecule has 5 atom stereocenters. The summed E-state index contributed by atoms with van der Waals surface area (Å²) in [5.74, 6) is -2.35. The van der Waals surface area contributed by atoms with Gasteiger partial charge in [-0.05, 0) is 65.4 Å². The first-order chi connectivity index (χ1) is 25.4. The lowest BCUT2D eigenvalue weighted by Crippen LogP contribution is -2.58. The average Bonchev–Trinajstić information content (AvgIpc) is 3.76. The first-order valence-electron chi connectivity index (χ1n) is 18.3. The molecule has 54 heavy (non-hydrogen) atoms. The van der Waals surface area contributed by atoms with Gasteiger partial charge in [-0.25, -0.2) is 13.4 Å². The summed E-state index contributed by atoms with van der Waals surface area (Å²) in [4.78, 5) is 51.8. The average molecular weight is 792 g/mol. The molecule has 0 bridgehead atoms. The number of allylic oxidation sites excluding steroid dienone is 1. The quantitative estimate of drug-likeness (QED) is 0.283. The summed E-state index contributed by atoms with van der Waals surface area (Å²) < 4.78 is 75.8. The highest BCUT2D eigenvalue weighted by Gasteiger charge is 2.63. The van der Waals surface area contributed by atoms with E-state index >= 15 is 0 Å². The van der Waals surface area contributed by atoms with Gasteiger partial charge < -0.3 is 20.7 Å². The highest BCUT2D eigenvalue weighted by atomic mass is 32.2. The number of hydrogen-bond donors (Lipinski definition) is 3. The van der Waals surface area contributed by atoms with E-state index in [4.69, 9.17) is 15.5 Å². The monoisotopic (exact) mass is 791 g/mol. The van der Waals surface area contributed by atoms with Gasteiger partial charge >= 0.3 is 6.18 Å². The Hall–Kier alpha value is -4.03. The van der Waals surface area contributed by atoms with Gasteiger partial charge in [-0.1, -0.05) is 37.1 Å². The number of benzene rings is 1. The molecule has 2 aromatic heterocycles. The van der Waals surface area contributed by atoms with E-state index < -0.39 is 73.3 Å². The molecule has 1 aromatic carbocycles. The molecule has 0 spiro atoms. The fourth-order valence-electron chi connectivity index (χ4n) is 7.40. The summed E-state index contributed by atoms with van der Waals surface area (Å²) >= 11 is 0.492. The van der Waals surface area contributed by atoms with Crippen LogP contribution < -0.4 is 20.5 Å². The number of carbonyl (C=O) groups excluding carboxylic acids is 3. The molecule has 13 nitrogen and oxygen atoms in total. The second kappa shape index (κ2) is 13.9. The summed E-state index contributed by atoms with van der Waals surface area (Å²) in [5, 5.41) is 3.20. The number of nitrogens with one attached hydrogen (secondary N) is 2. The number of thiazole rings is 1. The highest BCUT2D eigenvalue weighted by molar-refractivity contribution is 7.91. The SMILES string of the molecule is CC(C)n1c(O[C@@H]2C[C@H]3C(=O)N[C@]4(C(=O)NS(=O)(=O)C5(C)CC5)C[C@H]4/C=C\CCCCC[C@H](N)C(=O)N3C2)nc2c(-c3csc(C(F)(F)F)n3)cccc21. The van der Waals surface area contributed by atoms with Gasteiger partial charge in [-0.3, -0.25) is 23.7 Å². The van der Waals surface area contributed by atoms with E-state index in [1.807, 2.05) is 26.0 Å². The summed E-state index contributed by atoms with van der Waals surface area (Å²) in [7, 11) is -3.99. The number of carbonyl (C=O) groups is 3. The molecule has 3 aromatic rings. The number of rotatable bonds is 7. The van der Waals surface area contributed by atoms with Crippen LogP contribution in [0.5, 0.6) is 6.01 Å². The summed E-state index contributed by atoms with van der Waals surface area (Å²) in [6.45, 7) is 5.33. The number of nitrogens with zero attached hydrogens (tertiary/aromatic N) is 4. The van der Waals surface area contributed by atoms with Crippen molar-refractivity contribution in [3.8, 4) is 17.3 Å². The zero-order chi connectivity index (χ0) is 38.8. The fraction of sp³-hybridized carbons (Fsp3) is 0.583. The van der Waals surface area contributed by atoms with Crippen LogP contribution in [0.4, 0.5) is 13.2 Å². The van der Waals surface area contributed by atoms with Crippen molar-refractivity contribution < 1.29 is 40.7 Å². The van der Waals surface area contributed by atoms with Crippen LogP contribution in [0.3, 0.4) is 0 Å². The third kappa shape index (κ3) is 7.11. The molecular formula is C36H44F3N7O6S2. The van der Waals surface area contributed by atoms with Crippen molar-refractivity contribution in [1.29, 1.82) is 0 Å². The Balaban J connectivity index is 1.19. The number of sulfonamides is 1. The second-order valence-electron chi connectivity index (χ2n) is 15.4. The smallest absolute Gasteiger partial charge is 0.443 e. The van der Waals surface area contributed by atoms with Crippen molar-refractivity contribution >= 4 is 50.1 Å². The van der Waals surface area contributed by atoms with Crippen LogP contribution >= 0.6 is 11.3 Å². The molecule has 7 rings (SSSR count). The third-order valence-electron chi connectivity index (χ3n) is 11.0. The van der Waals surface area contributed by atoms with Crippen molar-refractivity contribution in [2.24, 2.45) is 11.7 Å². The molecule has 292 valence electrons. The maximum absolute atomic E-state index is 14.2. The zero-order valence-corrected chi connectivity index (χ0v) is 31.8. The number of fused-ring (bicyclic) bond motifs is 3. The van der Waals surface area contributed by atoms with E-state index in [0.29, 0.717) is 53.6 Å². The molecular weight excluding hydrogens is 748 g/mol. The molecule has 4 N–H and O–H groups in total. The molecule has 2 aliphatic carbocycles. The van der Waals surface area contributed by atoms with Gasteiger partial charge in [0.1, 0.15) is 23.2 Å². The first-order valence-corrected chi connectivity index (χ1v) is 20.6. The normalized spacial score (nSPS) is 28.1. The Morgan fingerprint density at radius 1 is 1.17 bits per heavy atom. The predicted molar refractivity (Wildman–Crippen MR) is 195 cm³/mol. The number of alkyl halides is 3. The van der Waals surface area contributed by atoms with E-state index in [0.717, 1.165) is 19.3 Å². The molecule has 0 unspecified atom stereocenters. The number of halogens is 3. The second-order valence-corrected chi connectivity index (χ2v) is 18.4. The third-order valence-corrected chi connectivity index (χ3v) is 14.1. The van der Waals surface area contributed by atoms with Gasteiger partial charge in [0.15, 0.2) is 5.01 Å². The number of ether oxygens (including phenoxy) is 1. The molecule has 4 aliphatic rings. The number of para-hydroxylation sites is 1. The number of imidazole rings is 1. The zero-order valence-electron chi connectivity index (χ0n) is 30.2. The lowest BCUT2D eigenvalue weighted by atomic mass is 10.1. The molecule has 2 aliphatic heterocycles. The van der Waals surface area contributed by atoms with E-state index in [-0.39, 0.29) is 37.1 Å². The van der Waals surface area contributed by atoms with E-state index in [9.17, 15) is 36.0 Å². The van der Waals surface area contributed by atoms with Crippen LogP contribution in [-0.4, -0.2) is 80.6 Å². The molecule has 4 heterocycles. The maximum Gasteiger partial charge on any atom is 0.443 e. The molecule has 1 saturated heterocycles. The van der Waals surface area contributed by atoms with Gasteiger partial charge in [0, 0.05) is 29.3 Å².